The summed E-state index contributed by atoms with van der Waals surface area (Å²) in [6.45, 7) is 6.52. The molecule has 1 unspecified atom stereocenters. The van der Waals surface area contributed by atoms with Crippen LogP contribution in [0, 0.1) is 0 Å². The standard InChI is InChI=1S/C67H116O6/c1-4-7-10-13-16-19-22-25-28-31-32-33-34-37-39-42-45-48-51-54-57-60-66(69)72-63-64(73-67(70)61-58-55-52-49-46-43-40-36-30-27-24-21-18-15-12-9-6-3)62-71-65(68)59-56-53-50-47-44-41-38-35-29-26-23-20-17-14-11-8-5-2/h9,12,18,21-22,25,27,30-32,34,37,40,43,64H,4-8,10-11,13-17,19-20,23-24,26,28-29,33,35-36,38-39,41-42,44-63H2,1-3H3/b12-9-,21-18-,25-22-,30-27-,32-31-,37-34-,43-40-. The highest BCUT2D eigenvalue weighted by molar-refractivity contribution is 5.71. The predicted octanol–water partition coefficient (Wildman–Crippen LogP) is 21.1. The number of allylic oxidation sites excluding steroid dienone is 14. The van der Waals surface area contributed by atoms with Gasteiger partial charge in [0.25, 0.3) is 0 Å². The molecule has 0 aromatic heterocycles. The van der Waals surface area contributed by atoms with Crippen molar-refractivity contribution in [1.29, 1.82) is 0 Å². The number of rotatable bonds is 56. The number of carbonyl (C=O) groups is 3. The van der Waals surface area contributed by atoms with Crippen molar-refractivity contribution in [1.82, 2.24) is 0 Å². The summed E-state index contributed by atoms with van der Waals surface area (Å²) in [5.41, 5.74) is 0. The topological polar surface area (TPSA) is 78.9 Å². The molecule has 0 spiro atoms. The Morgan fingerprint density at radius 1 is 0.288 bits per heavy atom. The maximum atomic E-state index is 12.9. The molecule has 0 N–H and O–H groups in total. The lowest BCUT2D eigenvalue weighted by Crippen LogP contribution is -2.30. The monoisotopic (exact) mass is 1020 g/mol. The maximum Gasteiger partial charge on any atom is 0.306 e. The van der Waals surface area contributed by atoms with Gasteiger partial charge in [0.1, 0.15) is 13.2 Å². The van der Waals surface area contributed by atoms with Gasteiger partial charge in [0, 0.05) is 19.3 Å². The Morgan fingerprint density at radius 2 is 0.534 bits per heavy atom. The highest BCUT2D eigenvalue weighted by Crippen LogP contribution is 2.16. The van der Waals surface area contributed by atoms with E-state index >= 15 is 0 Å². The molecule has 0 rings (SSSR count). The van der Waals surface area contributed by atoms with Crippen LogP contribution < -0.4 is 0 Å². The Balaban J connectivity index is 4.43. The van der Waals surface area contributed by atoms with Gasteiger partial charge in [0.15, 0.2) is 6.10 Å². The zero-order chi connectivity index (χ0) is 52.9. The predicted molar refractivity (Wildman–Crippen MR) is 316 cm³/mol. The van der Waals surface area contributed by atoms with Crippen molar-refractivity contribution < 1.29 is 28.6 Å². The van der Waals surface area contributed by atoms with Crippen molar-refractivity contribution >= 4 is 17.9 Å². The molecular weight excluding hydrogens is 901 g/mol. The second-order valence-electron chi connectivity index (χ2n) is 20.6. The number of carbonyl (C=O) groups excluding carboxylic acids is 3. The number of ether oxygens (including phenoxy) is 3. The summed E-state index contributed by atoms with van der Waals surface area (Å²) in [6.07, 6.45) is 80.0. The first kappa shape index (κ1) is 69.6. The Kier molecular flexibility index (Phi) is 58.3. The van der Waals surface area contributed by atoms with E-state index < -0.39 is 6.10 Å². The van der Waals surface area contributed by atoms with Crippen molar-refractivity contribution in [3.8, 4) is 0 Å². The zero-order valence-electron chi connectivity index (χ0n) is 48.1. The van der Waals surface area contributed by atoms with Gasteiger partial charge in [-0.05, 0) is 96.3 Å². The Bertz CT molecular complexity index is 1400. The van der Waals surface area contributed by atoms with Crippen LogP contribution in [0.3, 0.4) is 0 Å². The molecule has 420 valence electrons. The fourth-order valence-corrected chi connectivity index (χ4v) is 8.74. The smallest absolute Gasteiger partial charge is 0.306 e. The molecule has 0 amide bonds. The van der Waals surface area contributed by atoms with E-state index in [1.807, 2.05) is 0 Å². The van der Waals surface area contributed by atoms with Crippen LogP contribution in [-0.2, 0) is 28.6 Å². The third kappa shape index (κ3) is 59.3. The zero-order valence-corrected chi connectivity index (χ0v) is 48.1. The summed E-state index contributed by atoms with van der Waals surface area (Å²) in [4.78, 5) is 38.3. The van der Waals surface area contributed by atoms with Crippen LogP contribution in [0.25, 0.3) is 0 Å². The maximum absolute atomic E-state index is 12.9. The van der Waals surface area contributed by atoms with E-state index in [-0.39, 0.29) is 31.1 Å². The fourth-order valence-electron chi connectivity index (χ4n) is 8.74. The summed E-state index contributed by atoms with van der Waals surface area (Å²) in [6, 6.07) is 0. The molecule has 0 aliphatic heterocycles. The quantitative estimate of drug-likeness (QED) is 0.0261. The molecule has 0 aliphatic rings. The number of esters is 3. The van der Waals surface area contributed by atoms with Crippen LogP contribution in [0.2, 0.25) is 0 Å². The van der Waals surface area contributed by atoms with Gasteiger partial charge in [-0.25, -0.2) is 0 Å². The van der Waals surface area contributed by atoms with Crippen molar-refractivity contribution in [3.63, 3.8) is 0 Å². The minimum Gasteiger partial charge on any atom is -0.462 e. The molecule has 0 saturated carbocycles. The van der Waals surface area contributed by atoms with E-state index in [1.54, 1.807) is 0 Å². The lowest BCUT2D eigenvalue weighted by Gasteiger charge is -2.18. The van der Waals surface area contributed by atoms with Crippen molar-refractivity contribution in [2.24, 2.45) is 0 Å². The molecule has 0 aromatic rings. The molecule has 73 heavy (non-hydrogen) atoms. The van der Waals surface area contributed by atoms with E-state index in [4.69, 9.17) is 14.2 Å². The van der Waals surface area contributed by atoms with E-state index in [1.165, 1.54) is 148 Å². The summed E-state index contributed by atoms with van der Waals surface area (Å²) in [7, 11) is 0. The van der Waals surface area contributed by atoms with E-state index in [2.05, 4.69) is 106 Å². The highest BCUT2D eigenvalue weighted by atomic mass is 16.6. The summed E-state index contributed by atoms with van der Waals surface area (Å²) < 4.78 is 16.9. The minimum absolute atomic E-state index is 0.0888. The van der Waals surface area contributed by atoms with Crippen LogP contribution >= 0.6 is 0 Å². The molecule has 6 nitrogen and oxygen atoms in total. The molecule has 0 aliphatic carbocycles. The number of unbranched alkanes of at least 4 members (excludes halogenated alkanes) is 31. The van der Waals surface area contributed by atoms with Crippen molar-refractivity contribution in [2.75, 3.05) is 13.2 Å². The Hall–Kier alpha value is -3.41. The average Bonchev–Trinajstić information content (AvgIpc) is 3.39. The first-order chi connectivity index (χ1) is 36.0. The number of hydrogen-bond acceptors (Lipinski definition) is 6. The van der Waals surface area contributed by atoms with Gasteiger partial charge in [-0.2, -0.15) is 0 Å². The molecule has 0 heterocycles. The second kappa shape index (κ2) is 61.1. The molecule has 0 aromatic carbocycles. The summed E-state index contributed by atoms with van der Waals surface area (Å²) in [5.74, 6) is -0.914. The van der Waals surface area contributed by atoms with E-state index in [9.17, 15) is 14.4 Å². The Labute approximate surface area is 452 Å². The van der Waals surface area contributed by atoms with Crippen LogP contribution in [-0.4, -0.2) is 37.2 Å². The SMILES string of the molecule is CC/C=C\C/C=C\C/C=C\C/C=C\CCCCCCC(=O)OC(COC(=O)CCCCCCCC/C=C\C/C=C\C/C=C\CCCCCCC)COC(=O)CCCCCCCCCCCCCCCCCCC. The molecule has 0 radical (unpaired) electrons. The molecule has 0 bridgehead atoms. The first-order valence-electron chi connectivity index (χ1n) is 31.1. The number of hydrogen-bond donors (Lipinski definition) is 0. The third-order valence-corrected chi connectivity index (χ3v) is 13.4. The molecule has 0 saturated heterocycles. The van der Waals surface area contributed by atoms with Crippen LogP contribution in [0.4, 0.5) is 0 Å². The average molecular weight is 1020 g/mol. The molecular formula is C67H116O6. The molecule has 0 fully saturated rings. The van der Waals surface area contributed by atoms with Crippen LogP contribution in [0.15, 0.2) is 85.1 Å². The van der Waals surface area contributed by atoms with Gasteiger partial charge in [-0.15, -0.1) is 0 Å². The second-order valence-corrected chi connectivity index (χ2v) is 20.6. The van der Waals surface area contributed by atoms with Gasteiger partial charge < -0.3 is 14.2 Å². The lowest BCUT2D eigenvalue weighted by atomic mass is 10.0. The van der Waals surface area contributed by atoms with E-state index in [0.717, 1.165) is 116 Å². The van der Waals surface area contributed by atoms with Gasteiger partial charge in [-0.3, -0.25) is 14.4 Å². The largest absolute Gasteiger partial charge is 0.462 e. The fraction of sp³-hybridized carbons (Fsp3) is 0.746. The van der Waals surface area contributed by atoms with Crippen LogP contribution in [0.5, 0.6) is 0 Å². The van der Waals surface area contributed by atoms with Gasteiger partial charge in [-0.1, -0.05) is 273 Å². The lowest BCUT2D eigenvalue weighted by molar-refractivity contribution is -0.167. The van der Waals surface area contributed by atoms with Crippen molar-refractivity contribution in [2.45, 2.75) is 309 Å². The normalized spacial score (nSPS) is 12.6. The summed E-state index contributed by atoms with van der Waals surface area (Å²) in [5, 5.41) is 0. The van der Waals surface area contributed by atoms with Crippen LogP contribution in [0.1, 0.15) is 303 Å². The van der Waals surface area contributed by atoms with E-state index in [0.29, 0.717) is 19.3 Å². The Morgan fingerprint density at radius 3 is 0.836 bits per heavy atom. The van der Waals surface area contributed by atoms with Gasteiger partial charge in [0.05, 0.1) is 0 Å². The molecule has 1 atom stereocenters. The molecule has 6 heteroatoms. The van der Waals surface area contributed by atoms with Crippen molar-refractivity contribution in [3.05, 3.63) is 85.1 Å². The van der Waals surface area contributed by atoms with Gasteiger partial charge in [0.2, 0.25) is 0 Å². The minimum atomic E-state index is -0.795. The third-order valence-electron chi connectivity index (χ3n) is 13.4. The first-order valence-corrected chi connectivity index (χ1v) is 31.1. The van der Waals surface area contributed by atoms with Gasteiger partial charge >= 0.3 is 17.9 Å². The summed E-state index contributed by atoms with van der Waals surface area (Å²) >= 11 is 0. The highest BCUT2D eigenvalue weighted by Gasteiger charge is 2.19.